The largest absolute Gasteiger partial charge is 0.341 e. The number of thioether (sulfide) groups is 1. The zero-order valence-electron chi connectivity index (χ0n) is 13.4. The average Bonchev–Trinajstić information content (AvgIpc) is 3.21. The van der Waals surface area contributed by atoms with Gasteiger partial charge in [0.15, 0.2) is 0 Å². The highest BCUT2D eigenvalue weighted by molar-refractivity contribution is 7.99. The van der Waals surface area contributed by atoms with E-state index in [4.69, 9.17) is 0 Å². The van der Waals surface area contributed by atoms with E-state index >= 15 is 0 Å². The van der Waals surface area contributed by atoms with E-state index in [1.807, 2.05) is 6.07 Å². The fourth-order valence-corrected chi connectivity index (χ4v) is 4.21. The zero-order valence-corrected chi connectivity index (χ0v) is 15.0. The molecule has 6 heteroatoms. The lowest BCUT2D eigenvalue weighted by atomic mass is 10.1. The van der Waals surface area contributed by atoms with Crippen molar-refractivity contribution >= 4 is 57.6 Å². The Labute approximate surface area is 151 Å². The Hall–Kier alpha value is -1.69. The Morgan fingerprint density at radius 2 is 2.04 bits per heavy atom. The van der Waals surface area contributed by atoms with Crippen molar-refractivity contribution in [2.45, 2.75) is 19.5 Å². The summed E-state index contributed by atoms with van der Waals surface area (Å²) < 4.78 is 2.31. The molecular weight excluding hydrogens is 342 g/mol. The van der Waals surface area contributed by atoms with E-state index in [0.717, 1.165) is 23.9 Å². The maximum Gasteiger partial charge on any atom is 0.242 e. The Bertz CT molecular complexity index is 886. The number of benzene rings is 2. The van der Waals surface area contributed by atoms with Gasteiger partial charge in [0.05, 0.1) is 6.04 Å². The van der Waals surface area contributed by atoms with E-state index in [1.165, 1.54) is 21.8 Å². The molecule has 2 N–H and O–H groups in total. The molecule has 1 aliphatic rings. The van der Waals surface area contributed by atoms with Crippen molar-refractivity contribution in [3.63, 3.8) is 0 Å². The summed E-state index contributed by atoms with van der Waals surface area (Å²) in [5.74, 6) is 1.73. The third-order valence-electron chi connectivity index (χ3n) is 4.39. The molecule has 0 spiro atoms. The summed E-state index contributed by atoms with van der Waals surface area (Å²) >= 11 is 1.76. The van der Waals surface area contributed by atoms with Crippen LogP contribution in [0.25, 0.3) is 21.8 Å². The van der Waals surface area contributed by atoms with Crippen molar-refractivity contribution in [3.8, 4) is 0 Å². The van der Waals surface area contributed by atoms with Gasteiger partial charge < -0.3 is 9.88 Å². The first kappa shape index (κ1) is 17.1. The molecule has 0 radical (unpaired) electrons. The molecule has 1 aromatic heterocycles. The summed E-state index contributed by atoms with van der Waals surface area (Å²) in [5, 5.41) is 8.67. The minimum atomic E-state index is -0.0901. The van der Waals surface area contributed by atoms with Gasteiger partial charge in [-0.25, -0.2) is 0 Å². The van der Waals surface area contributed by atoms with Crippen LogP contribution < -0.4 is 10.6 Å². The third-order valence-corrected chi connectivity index (χ3v) is 5.33. The van der Waals surface area contributed by atoms with Gasteiger partial charge in [-0.15, -0.1) is 24.2 Å². The second-order valence-electron chi connectivity index (χ2n) is 5.75. The molecule has 0 saturated carbocycles. The number of halogens is 1. The topological polar surface area (TPSA) is 46.1 Å². The number of amides is 1. The van der Waals surface area contributed by atoms with Crippen LogP contribution >= 0.6 is 24.2 Å². The quantitative estimate of drug-likeness (QED) is 0.745. The van der Waals surface area contributed by atoms with E-state index in [0.29, 0.717) is 0 Å². The summed E-state index contributed by atoms with van der Waals surface area (Å²) in [4.78, 5) is 12.3. The number of nitrogens with one attached hydrogen (secondary N) is 2. The lowest BCUT2D eigenvalue weighted by Gasteiger charge is -2.11. The first-order valence-electron chi connectivity index (χ1n) is 7.91. The molecule has 2 aromatic carbocycles. The molecule has 1 saturated heterocycles. The summed E-state index contributed by atoms with van der Waals surface area (Å²) in [6.07, 6.45) is 0. The molecule has 4 nitrogen and oxygen atoms in total. The number of fused-ring (bicyclic) bond motifs is 3. The van der Waals surface area contributed by atoms with E-state index in [2.05, 4.69) is 58.5 Å². The predicted octanol–water partition coefficient (Wildman–Crippen LogP) is 3.84. The van der Waals surface area contributed by atoms with E-state index < -0.39 is 0 Å². The second kappa shape index (κ2) is 7.05. The van der Waals surface area contributed by atoms with Gasteiger partial charge in [-0.05, 0) is 31.2 Å². The van der Waals surface area contributed by atoms with Gasteiger partial charge in [-0.2, -0.15) is 0 Å². The highest BCUT2D eigenvalue weighted by Crippen LogP contribution is 2.31. The summed E-state index contributed by atoms with van der Waals surface area (Å²) in [5.41, 5.74) is 3.31. The molecule has 3 aromatic rings. The predicted molar refractivity (Wildman–Crippen MR) is 105 cm³/mol. The lowest BCUT2D eigenvalue weighted by Crippen LogP contribution is -2.37. The average molecular weight is 362 g/mol. The number of hydrogen-bond donors (Lipinski definition) is 2. The molecule has 1 fully saturated rings. The van der Waals surface area contributed by atoms with E-state index in [9.17, 15) is 4.79 Å². The molecule has 1 aliphatic heterocycles. The maximum absolute atomic E-state index is 12.3. The van der Waals surface area contributed by atoms with Crippen LogP contribution in [0.2, 0.25) is 0 Å². The molecule has 1 amide bonds. The molecule has 0 aliphatic carbocycles. The number of aromatic nitrogens is 1. The number of nitrogens with zero attached hydrogens (tertiary/aromatic N) is 1. The Balaban J connectivity index is 0.00000169. The first-order valence-corrected chi connectivity index (χ1v) is 9.06. The van der Waals surface area contributed by atoms with Gasteiger partial charge >= 0.3 is 0 Å². The van der Waals surface area contributed by atoms with Crippen LogP contribution in [0.4, 0.5) is 5.69 Å². The van der Waals surface area contributed by atoms with Crippen LogP contribution in [0.5, 0.6) is 0 Å². The van der Waals surface area contributed by atoms with Crippen LogP contribution in [0.3, 0.4) is 0 Å². The van der Waals surface area contributed by atoms with Crippen LogP contribution in [0, 0.1) is 0 Å². The van der Waals surface area contributed by atoms with Crippen molar-refractivity contribution in [1.29, 1.82) is 0 Å². The third kappa shape index (κ3) is 2.88. The normalized spacial score (nSPS) is 17.1. The molecule has 0 bridgehead atoms. The number of carbonyl (C=O) groups excluding carboxylic acids is 1. The number of anilines is 1. The van der Waals surface area contributed by atoms with Crippen LogP contribution in [-0.4, -0.2) is 28.1 Å². The number of aryl methyl sites for hydroxylation is 1. The second-order valence-corrected chi connectivity index (χ2v) is 6.78. The SMILES string of the molecule is CCn1c2ccccc2c2cc(NC(=O)C3CSCN3)ccc21.Cl. The number of para-hydroxylation sites is 1. The number of rotatable bonds is 3. The summed E-state index contributed by atoms with van der Waals surface area (Å²) in [7, 11) is 0. The van der Waals surface area contributed by atoms with Gasteiger partial charge in [0.1, 0.15) is 0 Å². The molecular formula is C18H20ClN3OS. The van der Waals surface area contributed by atoms with Crippen LogP contribution in [0.1, 0.15) is 6.92 Å². The first-order chi connectivity index (χ1) is 11.3. The molecule has 1 unspecified atom stereocenters. The van der Waals surface area contributed by atoms with Crippen molar-refractivity contribution in [2.75, 3.05) is 16.9 Å². The van der Waals surface area contributed by atoms with Crippen LogP contribution in [0.15, 0.2) is 42.5 Å². The Morgan fingerprint density at radius 1 is 1.25 bits per heavy atom. The minimum Gasteiger partial charge on any atom is -0.341 e. The number of hydrogen-bond acceptors (Lipinski definition) is 3. The van der Waals surface area contributed by atoms with Gasteiger partial charge in [-0.1, -0.05) is 18.2 Å². The van der Waals surface area contributed by atoms with Gasteiger partial charge in [0.2, 0.25) is 5.91 Å². The number of carbonyl (C=O) groups is 1. The van der Waals surface area contributed by atoms with Crippen molar-refractivity contribution in [2.24, 2.45) is 0 Å². The van der Waals surface area contributed by atoms with Gasteiger partial charge in [0.25, 0.3) is 0 Å². The fourth-order valence-electron chi connectivity index (χ4n) is 3.27. The summed E-state index contributed by atoms with van der Waals surface area (Å²) in [6, 6.07) is 14.5. The minimum absolute atomic E-state index is 0. The van der Waals surface area contributed by atoms with Crippen molar-refractivity contribution < 1.29 is 4.79 Å². The van der Waals surface area contributed by atoms with Gasteiger partial charge in [-0.3, -0.25) is 10.1 Å². The van der Waals surface area contributed by atoms with Crippen LogP contribution in [-0.2, 0) is 11.3 Å². The standard InChI is InChI=1S/C18H19N3OS.ClH/c1-2-21-16-6-4-3-5-13(16)14-9-12(7-8-17(14)21)20-18(22)15-10-23-11-19-15;/h3-9,15,19H,2,10-11H2,1H3,(H,20,22);1H. The highest BCUT2D eigenvalue weighted by atomic mass is 35.5. The van der Waals surface area contributed by atoms with Gasteiger partial charge in [0, 0.05) is 45.7 Å². The summed E-state index contributed by atoms with van der Waals surface area (Å²) in [6.45, 7) is 3.09. The molecule has 1 atom stereocenters. The van der Waals surface area contributed by atoms with Crippen molar-refractivity contribution in [1.82, 2.24) is 9.88 Å². The Kier molecular flexibility index (Phi) is 5.04. The fraction of sp³-hybridized carbons (Fsp3) is 0.278. The van der Waals surface area contributed by atoms with E-state index in [-0.39, 0.29) is 24.4 Å². The molecule has 2 heterocycles. The van der Waals surface area contributed by atoms with E-state index in [1.54, 1.807) is 11.8 Å². The molecule has 24 heavy (non-hydrogen) atoms. The Morgan fingerprint density at radius 3 is 2.79 bits per heavy atom. The molecule has 126 valence electrons. The smallest absolute Gasteiger partial charge is 0.242 e. The highest BCUT2D eigenvalue weighted by Gasteiger charge is 2.22. The lowest BCUT2D eigenvalue weighted by molar-refractivity contribution is -0.117. The van der Waals surface area contributed by atoms with Crippen molar-refractivity contribution in [3.05, 3.63) is 42.5 Å². The monoisotopic (exact) mass is 361 g/mol. The zero-order chi connectivity index (χ0) is 15.8. The maximum atomic E-state index is 12.3. The molecule has 4 rings (SSSR count).